The van der Waals surface area contributed by atoms with Crippen LogP contribution in [-0.4, -0.2) is 141 Å². The molecule has 2 saturated heterocycles. The van der Waals surface area contributed by atoms with Gasteiger partial charge in [-0.05, 0) is 36.7 Å². The Kier molecular flexibility index (Phi) is 18.8. The summed E-state index contributed by atoms with van der Waals surface area (Å²) in [5.74, 6) is -2.49. The first-order valence-electron chi connectivity index (χ1n) is 19.8. The van der Waals surface area contributed by atoms with Gasteiger partial charge in [0.25, 0.3) is 5.91 Å². The second kappa shape index (κ2) is 22.7. The molecule has 308 valence electrons. The van der Waals surface area contributed by atoms with E-state index < -0.39 is 42.2 Å². The van der Waals surface area contributed by atoms with Crippen LogP contribution in [0.15, 0.2) is 35.5 Å². The number of piperazine rings is 1. The summed E-state index contributed by atoms with van der Waals surface area (Å²) in [6.45, 7) is 13.2. The Morgan fingerprint density at radius 1 is 0.964 bits per heavy atom. The van der Waals surface area contributed by atoms with E-state index >= 15 is 0 Å². The third kappa shape index (κ3) is 12.9. The molecule has 0 spiro atoms. The summed E-state index contributed by atoms with van der Waals surface area (Å²) in [6, 6.07) is 7.49. The summed E-state index contributed by atoms with van der Waals surface area (Å²) in [5.41, 5.74) is 0.890. The molecule has 1 aromatic rings. The molecule has 0 radical (unpaired) electrons. The van der Waals surface area contributed by atoms with Gasteiger partial charge in [0.2, 0.25) is 23.6 Å². The molecule has 5 amide bonds. The Hall–Kier alpha value is -3.79. The molecule has 55 heavy (non-hydrogen) atoms. The van der Waals surface area contributed by atoms with Crippen molar-refractivity contribution in [1.82, 2.24) is 30.7 Å². The third-order valence-corrected chi connectivity index (χ3v) is 11.4. The zero-order valence-corrected chi connectivity index (χ0v) is 34.1. The number of methoxy groups -OCH3 is 2. The number of hydrogen-bond donors (Lipinski definition) is 3. The van der Waals surface area contributed by atoms with E-state index in [0.29, 0.717) is 19.4 Å². The summed E-state index contributed by atoms with van der Waals surface area (Å²) in [6.07, 6.45) is 0.875. The third-order valence-electron chi connectivity index (χ3n) is 11.4. The quantitative estimate of drug-likeness (QED) is 0.157. The molecule has 1 unspecified atom stereocenters. The second-order valence-electron chi connectivity index (χ2n) is 15.4. The fourth-order valence-electron chi connectivity index (χ4n) is 8.22. The molecule has 15 nitrogen and oxygen atoms in total. The average molecular weight is 772 g/mol. The number of nitrogens with one attached hydrogen (secondary N) is 3. The second-order valence-corrected chi connectivity index (χ2v) is 15.4. The van der Waals surface area contributed by atoms with E-state index in [-0.39, 0.29) is 60.9 Å². The van der Waals surface area contributed by atoms with Crippen molar-refractivity contribution in [3.05, 3.63) is 40.8 Å². The molecule has 2 heterocycles. The van der Waals surface area contributed by atoms with Gasteiger partial charge in [0.1, 0.15) is 0 Å². The van der Waals surface area contributed by atoms with Crippen LogP contribution in [0.25, 0.3) is 0 Å². The van der Waals surface area contributed by atoms with Crippen molar-refractivity contribution in [1.29, 1.82) is 0 Å². The van der Waals surface area contributed by atoms with Gasteiger partial charge < -0.3 is 35.2 Å². The summed E-state index contributed by atoms with van der Waals surface area (Å²) in [5, 5.41) is 11.7. The molecule has 0 aliphatic carbocycles. The van der Waals surface area contributed by atoms with Gasteiger partial charge in [-0.2, -0.15) is 0 Å². The number of benzene rings is 1. The molecule has 1 aromatic carbocycles. The number of nitrogens with zero attached hydrogens (tertiary/aromatic N) is 4. The number of nitroso groups, excluding NO2 is 1. The summed E-state index contributed by atoms with van der Waals surface area (Å²) in [7, 11) is 4.75. The van der Waals surface area contributed by atoms with E-state index in [1.807, 2.05) is 58.0 Å². The Balaban J connectivity index is 1.70. The average Bonchev–Trinajstić information content (AvgIpc) is 3.67. The Bertz CT molecular complexity index is 1410. The van der Waals surface area contributed by atoms with Gasteiger partial charge in [0, 0.05) is 65.2 Å². The predicted molar refractivity (Wildman–Crippen MR) is 210 cm³/mol. The van der Waals surface area contributed by atoms with Crippen LogP contribution >= 0.6 is 0 Å². The number of ether oxygens (including phenoxy) is 2. The van der Waals surface area contributed by atoms with Gasteiger partial charge in [-0.15, -0.1) is 4.91 Å². The van der Waals surface area contributed by atoms with Crippen LogP contribution in [0.4, 0.5) is 0 Å². The Morgan fingerprint density at radius 3 is 2.22 bits per heavy atom. The summed E-state index contributed by atoms with van der Waals surface area (Å²) in [4.78, 5) is 83.2. The van der Waals surface area contributed by atoms with Gasteiger partial charge >= 0.3 is 0 Å². The molecule has 3 rings (SSSR count). The first-order valence-corrected chi connectivity index (χ1v) is 19.8. The first-order chi connectivity index (χ1) is 26.3. The number of rotatable bonds is 21. The molecule has 0 saturated carbocycles. The van der Waals surface area contributed by atoms with E-state index in [0.717, 1.165) is 44.6 Å². The van der Waals surface area contributed by atoms with Crippen molar-refractivity contribution >= 4 is 29.5 Å². The molecule has 2 fully saturated rings. The van der Waals surface area contributed by atoms with Crippen molar-refractivity contribution in [2.75, 3.05) is 60.5 Å². The maximum Gasteiger partial charge on any atom is 0.288 e. The number of carbonyl (C=O) groups excluding carboxylic acids is 5. The minimum Gasteiger partial charge on any atom is -0.379 e. The highest BCUT2D eigenvalue weighted by Crippen LogP contribution is 2.29. The highest BCUT2D eigenvalue weighted by molar-refractivity contribution is 5.88. The predicted octanol–water partition coefficient (Wildman–Crippen LogP) is 2.36. The molecule has 0 bridgehead atoms. The lowest BCUT2D eigenvalue weighted by Gasteiger charge is -2.39. The van der Waals surface area contributed by atoms with Crippen LogP contribution < -0.4 is 16.0 Å². The van der Waals surface area contributed by atoms with Gasteiger partial charge in [0.05, 0.1) is 55.6 Å². The molecule has 0 aromatic heterocycles. The number of carbonyl (C=O) groups is 5. The fraction of sp³-hybridized carbons (Fsp3) is 0.725. The molecule has 8 atom stereocenters. The van der Waals surface area contributed by atoms with E-state index in [9.17, 15) is 28.9 Å². The van der Waals surface area contributed by atoms with Crippen LogP contribution in [0.5, 0.6) is 0 Å². The monoisotopic (exact) mass is 771 g/mol. The van der Waals surface area contributed by atoms with E-state index in [1.165, 1.54) is 14.2 Å². The topological polar surface area (TPSA) is 179 Å². The zero-order chi connectivity index (χ0) is 40.7. The molecule has 2 aliphatic heterocycles. The first kappa shape index (κ1) is 45.6. The van der Waals surface area contributed by atoms with E-state index in [2.05, 4.69) is 26.0 Å². The van der Waals surface area contributed by atoms with Gasteiger partial charge in [-0.3, -0.25) is 28.9 Å². The zero-order valence-electron chi connectivity index (χ0n) is 34.1. The number of amides is 5. The van der Waals surface area contributed by atoms with Gasteiger partial charge in [-0.1, -0.05) is 71.4 Å². The summed E-state index contributed by atoms with van der Waals surface area (Å²) < 4.78 is 11.9. The van der Waals surface area contributed by atoms with Crippen LogP contribution in [0.3, 0.4) is 0 Å². The van der Waals surface area contributed by atoms with Crippen molar-refractivity contribution < 1.29 is 33.4 Å². The number of likely N-dealkylation sites (tertiary alicyclic amines) is 1. The van der Waals surface area contributed by atoms with Crippen molar-refractivity contribution in [2.24, 2.45) is 22.9 Å². The fourth-order valence-corrected chi connectivity index (χ4v) is 8.22. The maximum atomic E-state index is 14.1. The highest BCUT2D eigenvalue weighted by atomic mass is 16.5. The minimum absolute atomic E-state index is 0.00136. The van der Waals surface area contributed by atoms with Gasteiger partial charge in [-0.25, -0.2) is 0 Å². The molecule has 15 heteroatoms. The Labute approximate surface area is 326 Å². The highest BCUT2D eigenvalue weighted by Gasteiger charge is 2.42. The minimum atomic E-state index is -0.851. The van der Waals surface area contributed by atoms with Crippen LogP contribution in [0.1, 0.15) is 72.3 Å². The van der Waals surface area contributed by atoms with Crippen LogP contribution in [-0.2, 0) is 39.9 Å². The summed E-state index contributed by atoms with van der Waals surface area (Å²) >= 11 is 0. The van der Waals surface area contributed by atoms with Crippen molar-refractivity contribution in [3.63, 3.8) is 0 Å². The standard InChI is InChI=1S/C40H65N7O8/c1-9-27(4)37(45(6)35(50)25-42-40(52)36(26(2)3)46-20-17-41-18-21-46)32(54-7)24-34(49)47-19-13-16-31(47)38(55-8)28(5)39(51)43-30(23-33(48)44-53)22-29-14-11-10-12-15-29/h10-12,14-15,26-28,30-32,36-38,41H,9,13,16-25H2,1-8H3,(H,42,52)(H,43,51)/t27-,28+,30-,31-,32?,36-,37-,38+/m0/s1. The molecular formula is C40H65N7O8. The van der Waals surface area contributed by atoms with E-state index in [4.69, 9.17) is 9.47 Å². The van der Waals surface area contributed by atoms with Crippen molar-refractivity contribution in [2.45, 2.75) is 110 Å². The van der Waals surface area contributed by atoms with E-state index in [1.54, 1.807) is 23.8 Å². The number of hydrogen-bond acceptors (Lipinski definition) is 10. The molecule has 2 aliphatic rings. The Morgan fingerprint density at radius 2 is 1.64 bits per heavy atom. The van der Waals surface area contributed by atoms with Crippen LogP contribution in [0, 0.1) is 22.7 Å². The maximum absolute atomic E-state index is 14.1. The SMILES string of the molecule is CC[C@H](C)[C@@H](C(CC(=O)N1CCC[C@H]1[C@H](OC)[C@@H](C)C(=O)N[C@H](CC(=O)N=O)Cc1ccccc1)OC)N(C)C(=O)CNC(=O)[C@H](C(C)C)N1CCNCC1. The lowest BCUT2D eigenvalue weighted by atomic mass is 9.90. The molecule has 3 N–H and O–H groups in total. The van der Waals surface area contributed by atoms with Crippen molar-refractivity contribution in [3.8, 4) is 0 Å². The van der Waals surface area contributed by atoms with Gasteiger partial charge in [0.15, 0.2) is 0 Å². The lowest BCUT2D eigenvalue weighted by Crippen LogP contribution is -2.57. The largest absolute Gasteiger partial charge is 0.379 e. The molecular weight excluding hydrogens is 706 g/mol. The number of likely N-dealkylation sites (N-methyl/N-ethyl adjacent to an activating group) is 1. The normalized spacial score (nSPS) is 20.1. The smallest absolute Gasteiger partial charge is 0.288 e. The van der Waals surface area contributed by atoms with Crippen LogP contribution in [0.2, 0.25) is 0 Å². The lowest BCUT2D eigenvalue weighted by molar-refractivity contribution is -0.146.